The summed E-state index contributed by atoms with van der Waals surface area (Å²) in [7, 11) is 0. The SMILES string of the molecule is CC(C)Cc1nsc(N2CCC[C@H]2C[C@@H](O)c2ccco2)n1. The Bertz CT molecular complexity index is 582. The topological polar surface area (TPSA) is 62.4 Å². The standard InChI is InChI=1S/C16H23N3O2S/c1-11(2)9-15-17-16(22-18-15)19-7-3-5-12(19)10-13(20)14-6-4-8-21-14/h4,6,8,11-13,20H,3,5,7,9-10H2,1-2H3/t12-,13+/m0/s1. The van der Waals surface area contributed by atoms with E-state index in [2.05, 4.69) is 28.1 Å². The van der Waals surface area contributed by atoms with Crippen molar-refractivity contribution in [2.24, 2.45) is 5.92 Å². The van der Waals surface area contributed by atoms with Gasteiger partial charge in [-0.15, -0.1) is 0 Å². The number of anilines is 1. The van der Waals surface area contributed by atoms with Crippen molar-refractivity contribution in [3.63, 3.8) is 0 Å². The van der Waals surface area contributed by atoms with Crippen molar-refractivity contribution in [2.45, 2.75) is 51.7 Å². The molecule has 0 spiro atoms. The van der Waals surface area contributed by atoms with Crippen LogP contribution in [0.15, 0.2) is 22.8 Å². The molecule has 1 N–H and O–H groups in total. The first kappa shape index (κ1) is 15.5. The Morgan fingerprint density at radius 3 is 3.09 bits per heavy atom. The highest BCUT2D eigenvalue weighted by Crippen LogP contribution is 2.32. The van der Waals surface area contributed by atoms with Crippen LogP contribution < -0.4 is 4.90 Å². The van der Waals surface area contributed by atoms with E-state index < -0.39 is 6.10 Å². The van der Waals surface area contributed by atoms with Crippen LogP contribution in [0.25, 0.3) is 0 Å². The lowest BCUT2D eigenvalue weighted by molar-refractivity contribution is 0.132. The van der Waals surface area contributed by atoms with Gasteiger partial charge in [-0.25, -0.2) is 4.98 Å². The number of hydrogen-bond acceptors (Lipinski definition) is 6. The number of aromatic nitrogens is 2. The average molecular weight is 321 g/mol. The van der Waals surface area contributed by atoms with Crippen LogP contribution in [0.4, 0.5) is 5.13 Å². The molecule has 0 radical (unpaired) electrons. The van der Waals surface area contributed by atoms with Gasteiger partial charge in [-0.3, -0.25) is 0 Å². The molecule has 2 atom stereocenters. The van der Waals surface area contributed by atoms with Crippen LogP contribution in [0.3, 0.4) is 0 Å². The third-order valence-corrected chi connectivity index (χ3v) is 4.83. The van der Waals surface area contributed by atoms with Crippen molar-refractivity contribution < 1.29 is 9.52 Å². The highest BCUT2D eigenvalue weighted by Gasteiger charge is 2.30. The second-order valence-electron chi connectivity index (χ2n) is 6.35. The molecule has 6 heteroatoms. The Morgan fingerprint density at radius 1 is 1.50 bits per heavy atom. The molecule has 1 aliphatic rings. The minimum absolute atomic E-state index is 0.306. The summed E-state index contributed by atoms with van der Waals surface area (Å²) < 4.78 is 9.77. The molecule has 1 aliphatic heterocycles. The van der Waals surface area contributed by atoms with Gasteiger partial charge >= 0.3 is 0 Å². The van der Waals surface area contributed by atoms with Gasteiger partial charge < -0.3 is 14.4 Å². The zero-order valence-corrected chi connectivity index (χ0v) is 13.9. The lowest BCUT2D eigenvalue weighted by Crippen LogP contribution is -2.30. The predicted octanol–water partition coefficient (Wildman–Crippen LogP) is 3.42. The second kappa shape index (κ2) is 6.79. The number of hydrogen-bond donors (Lipinski definition) is 1. The highest BCUT2D eigenvalue weighted by atomic mass is 32.1. The third-order valence-electron chi connectivity index (χ3n) is 4.04. The van der Waals surface area contributed by atoms with Gasteiger partial charge in [0.1, 0.15) is 17.7 Å². The Labute approximate surface area is 135 Å². The molecule has 120 valence electrons. The molecule has 1 fully saturated rings. The van der Waals surface area contributed by atoms with Crippen LogP contribution in [0.1, 0.15) is 50.8 Å². The summed E-state index contributed by atoms with van der Waals surface area (Å²) in [5.74, 6) is 2.15. The number of aliphatic hydroxyl groups is 1. The van der Waals surface area contributed by atoms with E-state index in [1.807, 2.05) is 12.1 Å². The van der Waals surface area contributed by atoms with Gasteiger partial charge in [0.15, 0.2) is 0 Å². The summed E-state index contributed by atoms with van der Waals surface area (Å²) in [6.07, 6.45) is 4.86. The van der Waals surface area contributed by atoms with Crippen LogP contribution in [0, 0.1) is 5.92 Å². The molecular weight excluding hydrogens is 298 g/mol. The van der Waals surface area contributed by atoms with E-state index >= 15 is 0 Å². The van der Waals surface area contributed by atoms with Crippen LogP contribution in [-0.4, -0.2) is 27.1 Å². The largest absolute Gasteiger partial charge is 0.467 e. The summed E-state index contributed by atoms with van der Waals surface area (Å²) in [4.78, 5) is 6.98. The van der Waals surface area contributed by atoms with Crippen molar-refractivity contribution in [3.8, 4) is 0 Å². The van der Waals surface area contributed by atoms with E-state index in [9.17, 15) is 5.11 Å². The fourth-order valence-corrected chi connectivity index (χ4v) is 3.79. The van der Waals surface area contributed by atoms with Crippen LogP contribution >= 0.6 is 11.5 Å². The number of furan rings is 1. The van der Waals surface area contributed by atoms with Crippen molar-refractivity contribution >= 4 is 16.7 Å². The van der Waals surface area contributed by atoms with Gasteiger partial charge in [-0.05, 0) is 30.9 Å². The lowest BCUT2D eigenvalue weighted by Gasteiger charge is -2.25. The van der Waals surface area contributed by atoms with E-state index in [1.165, 1.54) is 11.5 Å². The van der Waals surface area contributed by atoms with Gasteiger partial charge in [0.25, 0.3) is 0 Å². The smallest absolute Gasteiger partial charge is 0.205 e. The molecular formula is C16H23N3O2S. The molecule has 2 aromatic rings. The lowest BCUT2D eigenvalue weighted by atomic mass is 10.1. The molecule has 0 amide bonds. The fourth-order valence-electron chi connectivity index (χ4n) is 3.00. The Kier molecular flexibility index (Phi) is 4.78. The summed E-state index contributed by atoms with van der Waals surface area (Å²) in [5, 5.41) is 11.3. The Hall–Kier alpha value is -1.40. The van der Waals surface area contributed by atoms with E-state index in [1.54, 1.807) is 6.26 Å². The highest BCUT2D eigenvalue weighted by molar-refractivity contribution is 7.09. The Morgan fingerprint density at radius 2 is 2.36 bits per heavy atom. The van der Waals surface area contributed by atoms with E-state index in [4.69, 9.17) is 4.42 Å². The van der Waals surface area contributed by atoms with Crippen LogP contribution in [0.5, 0.6) is 0 Å². The van der Waals surface area contributed by atoms with Gasteiger partial charge in [0.2, 0.25) is 5.13 Å². The summed E-state index contributed by atoms with van der Waals surface area (Å²) >= 11 is 1.48. The molecule has 0 unspecified atom stereocenters. The molecule has 5 nitrogen and oxygen atoms in total. The maximum Gasteiger partial charge on any atom is 0.205 e. The van der Waals surface area contributed by atoms with E-state index in [-0.39, 0.29) is 0 Å². The zero-order valence-electron chi connectivity index (χ0n) is 13.1. The molecule has 3 rings (SSSR count). The third kappa shape index (κ3) is 3.50. The molecule has 0 bridgehead atoms. The molecule has 22 heavy (non-hydrogen) atoms. The summed E-state index contributed by atoms with van der Waals surface area (Å²) in [6.45, 7) is 5.35. The molecule has 0 aliphatic carbocycles. The van der Waals surface area contributed by atoms with E-state index in [0.717, 1.165) is 36.8 Å². The molecule has 3 heterocycles. The van der Waals surface area contributed by atoms with Gasteiger partial charge in [0, 0.05) is 37.0 Å². The first-order valence-corrected chi connectivity index (χ1v) is 8.71. The van der Waals surface area contributed by atoms with Gasteiger partial charge in [-0.1, -0.05) is 13.8 Å². The molecule has 2 aromatic heterocycles. The first-order valence-electron chi connectivity index (χ1n) is 7.94. The summed E-state index contributed by atoms with van der Waals surface area (Å²) in [5.41, 5.74) is 0. The van der Waals surface area contributed by atoms with E-state index in [0.29, 0.717) is 24.1 Å². The zero-order chi connectivity index (χ0) is 15.5. The van der Waals surface area contributed by atoms with Crippen LogP contribution in [-0.2, 0) is 6.42 Å². The van der Waals surface area contributed by atoms with Crippen molar-refractivity contribution in [1.29, 1.82) is 0 Å². The maximum absolute atomic E-state index is 10.3. The number of aliphatic hydroxyl groups excluding tert-OH is 1. The second-order valence-corrected chi connectivity index (χ2v) is 7.08. The van der Waals surface area contributed by atoms with Crippen molar-refractivity contribution in [2.75, 3.05) is 11.4 Å². The van der Waals surface area contributed by atoms with Gasteiger partial charge in [-0.2, -0.15) is 4.37 Å². The Balaban J connectivity index is 1.66. The minimum atomic E-state index is -0.552. The quantitative estimate of drug-likeness (QED) is 0.883. The van der Waals surface area contributed by atoms with Crippen molar-refractivity contribution in [1.82, 2.24) is 9.36 Å². The number of nitrogens with zero attached hydrogens (tertiary/aromatic N) is 3. The van der Waals surface area contributed by atoms with Crippen molar-refractivity contribution in [3.05, 3.63) is 30.0 Å². The average Bonchev–Trinajstić information content (AvgIpc) is 3.18. The molecule has 1 saturated heterocycles. The predicted molar refractivity (Wildman–Crippen MR) is 87.1 cm³/mol. The first-order chi connectivity index (χ1) is 10.6. The molecule has 0 saturated carbocycles. The molecule has 0 aromatic carbocycles. The summed E-state index contributed by atoms with van der Waals surface area (Å²) in [6, 6.07) is 3.95. The fraction of sp³-hybridized carbons (Fsp3) is 0.625. The number of rotatable bonds is 6. The van der Waals surface area contributed by atoms with Crippen LogP contribution in [0.2, 0.25) is 0 Å². The van der Waals surface area contributed by atoms with Gasteiger partial charge in [0.05, 0.1) is 6.26 Å². The monoisotopic (exact) mass is 321 g/mol. The normalized spacial score (nSPS) is 20.0. The maximum atomic E-state index is 10.3. The minimum Gasteiger partial charge on any atom is -0.467 e.